The number of sulfonamides is 1. The Labute approximate surface area is 255 Å². The van der Waals surface area contributed by atoms with E-state index in [9.17, 15) is 18.0 Å². The average Bonchev–Trinajstić information content (AvgIpc) is 2.90. The van der Waals surface area contributed by atoms with Gasteiger partial charge in [0.05, 0.1) is 22.0 Å². The van der Waals surface area contributed by atoms with Crippen molar-refractivity contribution >= 4 is 73.9 Å². The van der Waals surface area contributed by atoms with Crippen molar-refractivity contribution in [3.8, 4) is 0 Å². The van der Waals surface area contributed by atoms with Crippen molar-refractivity contribution in [2.75, 3.05) is 23.7 Å². The van der Waals surface area contributed by atoms with Crippen LogP contribution in [0.15, 0.2) is 66.7 Å². The minimum atomic E-state index is -3.94. The summed E-state index contributed by atoms with van der Waals surface area (Å²) in [7, 11) is -3.94. The highest BCUT2D eigenvalue weighted by Gasteiger charge is 2.33. The molecular formula is C28H29Cl4N3O4S. The van der Waals surface area contributed by atoms with Crippen molar-refractivity contribution in [2.45, 2.75) is 32.4 Å². The van der Waals surface area contributed by atoms with Crippen LogP contribution in [-0.2, 0) is 32.6 Å². The van der Waals surface area contributed by atoms with Gasteiger partial charge in [0.25, 0.3) is 0 Å². The van der Waals surface area contributed by atoms with Gasteiger partial charge in [-0.25, -0.2) is 8.42 Å². The first kappa shape index (κ1) is 32.0. The van der Waals surface area contributed by atoms with Crippen LogP contribution in [0.4, 0.5) is 5.69 Å². The molecule has 40 heavy (non-hydrogen) atoms. The van der Waals surface area contributed by atoms with Gasteiger partial charge in [-0.3, -0.25) is 13.9 Å². The van der Waals surface area contributed by atoms with Gasteiger partial charge in [-0.1, -0.05) is 89.7 Å². The Bertz CT molecular complexity index is 1460. The first-order valence-electron chi connectivity index (χ1n) is 12.4. The van der Waals surface area contributed by atoms with E-state index >= 15 is 0 Å². The summed E-state index contributed by atoms with van der Waals surface area (Å²) in [4.78, 5) is 28.9. The third kappa shape index (κ3) is 8.75. The fraction of sp³-hybridized carbons (Fsp3) is 0.286. The molecule has 0 aliphatic rings. The van der Waals surface area contributed by atoms with Gasteiger partial charge in [0.2, 0.25) is 21.8 Å². The van der Waals surface area contributed by atoms with E-state index in [0.717, 1.165) is 16.1 Å². The van der Waals surface area contributed by atoms with Crippen molar-refractivity contribution in [2.24, 2.45) is 0 Å². The van der Waals surface area contributed by atoms with Gasteiger partial charge in [-0.05, 0) is 47.9 Å². The minimum absolute atomic E-state index is 0.0646. The van der Waals surface area contributed by atoms with Crippen LogP contribution >= 0.6 is 46.4 Å². The fourth-order valence-corrected chi connectivity index (χ4v) is 5.61. The highest BCUT2D eigenvalue weighted by Crippen LogP contribution is 2.29. The second-order valence-corrected chi connectivity index (χ2v) is 12.7. The average molecular weight is 645 g/mol. The predicted octanol–water partition coefficient (Wildman–Crippen LogP) is 6.23. The monoisotopic (exact) mass is 643 g/mol. The number of carbonyl (C=O) groups is 2. The Kier molecular flexibility index (Phi) is 11.5. The molecule has 214 valence electrons. The van der Waals surface area contributed by atoms with Gasteiger partial charge in [0.15, 0.2) is 0 Å². The lowest BCUT2D eigenvalue weighted by molar-refractivity contribution is -0.140. The zero-order valence-corrected chi connectivity index (χ0v) is 25.8. The van der Waals surface area contributed by atoms with Gasteiger partial charge in [-0.2, -0.15) is 0 Å². The molecule has 0 aliphatic carbocycles. The van der Waals surface area contributed by atoms with Crippen molar-refractivity contribution in [1.29, 1.82) is 0 Å². The molecule has 12 heteroatoms. The lowest BCUT2D eigenvalue weighted by atomic mass is 10.0. The molecule has 3 aromatic rings. The molecule has 1 atom stereocenters. The van der Waals surface area contributed by atoms with Crippen LogP contribution in [0.2, 0.25) is 20.1 Å². The van der Waals surface area contributed by atoms with Gasteiger partial charge in [-0.15, -0.1) is 0 Å². The Balaban J connectivity index is 2.08. The minimum Gasteiger partial charge on any atom is -0.354 e. The zero-order chi connectivity index (χ0) is 29.4. The van der Waals surface area contributed by atoms with E-state index in [2.05, 4.69) is 5.32 Å². The molecule has 0 heterocycles. The van der Waals surface area contributed by atoms with E-state index in [4.69, 9.17) is 46.4 Å². The van der Waals surface area contributed by atoms with Crippen molar-refractivity contribution in [1.82, 2.24) is 10.2 Å². The number of rotatable bonds is 12. The van der Waals surface area contributed by atoms with Gasteiger partial charge < -0.3 is 10.2 Å². The Hall–Kier alpha value is -2.49. The summed E-state index contributed by atoms with van der Waals surface area (Å²) in [5.74, 6) is -0.986. The van der Waals surface area contributed by atoms with Gasteiger partial charge in [0.1, 0.15) is 12.6 Å². The summed E-state index contributed by atoms with van der Waals surface area (Å²) in [5, 5.41) is 3.96. The smallest absolute Gasteiger partial charge is 0.244 e. The first-order valence-corrected chi connectivity index (χ1v) is 15.7. The van der Waals surface area contributed by atoms with Crippen LogP contribution < -0.4 is 9.62 Å². The zero-order valence-electron chi connectivity index (χ0n) is 21.9. The number of hydrogen-bond donors (Lipinski definition) is 1. The molecule has 0 fully saturated rings. The number of nitrogens with one attached hydrogen (secondary N) is 1. The van der Waals surface area contributed by atoms with Crippen molar-refractivity contribution in [3.05, 3.63) is 97.9 Å². The fourth-order valence-electron chi connectivity index (χ4n) is 4.01. The third-order valence-electron chi connectivity index (χ3n) is 6.05. The maximum Gasteiger partial charge on any atom is 0.244 e. The molecule has 0 aromatic heterocycles. The second-order valence-electron chi connectivity index (χ2n) is 9.12. The topological polar surface area (TPSA) is 86.8 Å². The number of anilines is 1. The Morgan fingerprint density at radius 2 is 1.60 bits per heavy atom. The van der Waals surface area contributed by atoms with Crippen LogP contribution in [0, 0.1) is 0 Å². The van der Waals surface area contributed by atoms with Crippen LogP contribution in [-0.4, -0.2) is 50.5 Å². The van der Waals surface area contributed by atoms with Crippen LogP contribution in [0.3, 0.4) is 0 Å². The van der Waals surface area contributed by atoms with E-state index in [1.807, 2.05) is 37.3 Å². The Morgan fingerprint density at radius 3 is 2.20 bits per heavy atom. The first-order chi connectivity index (χ1) is 18.9. The summed E-state index contributed by atoms with van der Waals surface area (Å²) >= 11 is 24.7. The molecule has 0 saturated carbocycles. The number of halogens is 4. The SMILES string of the molecule is CCCNC(=O)[C@@H](Cc1ccccc1)N(Cc1ccc(Cl)cc1Cl)C(=O)CN(c1ccc(Cl)c(Cl)c1)S(C)(=O)=O. The van der Waals surface area contributed by atoms with E-state index in [0.29, 0.717) is 28.6 Å². The van der Waals surface area contributed by atoms with Gasteiger partial charge in [0, 0.05) is 29.6 Å². The standard InChI is InChI=1S/C28H29Cl4N3O4S/c1-3-13-33-28(37)26(14-19-7-5-4-6-8-19)34(17-20-9-10-21(29)15-24(20)31)27(36)18-35(40(2,38)39)22-11-12-23(30)25(32)16-22/h4-12,15-16,26H,3,13-14,17-18H2,1-2H3,(H,33,37)/t26-/m1/s1. The number of carbonyl (C=O) groups excluding carboxylic acids is 2. The molecular weight excluding hydrogens is 616 g/mol. The number of amides is 2. The van der Waals surface area contributed by atoms with Crippen LogP contribution in [0.5, 0.6) is 0 Å². The largest absolute Gasteiger partial charge is 0.354 e. The maximum absolute atomic E-state index is 14.0. The maximum atomic E-state index is 14.0. The highest BCUT2D eigenvalue weighted by molar-refractivity contribution is 7.92. The molecule has 0 saturated heterocycles. The summed E-state index contributed by atoms with van der Waals surface area (Å²) in [6.45, 7) is 1.68. The molecule has 3 rings (SSSR count). The highest BCUT2D eigenvalue weighted by atomic mass is 35.5. The molecule has 7 nitrogen and oxygen atoms in total. The lowest BCUT2D eigenvalue weighted by Crippen LogP contribution is -2.53. The van der Waals surface area contributed by atoms with E-state index in [-0.39, 0.29) is 34.6 Å². The Morgan fingerprint density at radius 1 is 0.900 bits per heavy atom. The van der Waals surface area contributed by atoms with Crippen molar-refractivity contribution < 1.29 is 18.0 Å². The van der Waals surface area contributed by atoms with Crippen LogP contribution in [0.1, 0.15) is 24.5 Å². The van der Waals surface area contributed by atoms with Crippen molar-refractivity contribution in [3.63, 3.8) is 0 Å². The molecule has 0 unspecified atom stereocenters. The molecule has 0 bridgehead atoms. The summed E-state index contributed by atoms with van der Waals surface area (Å²) in [5.41, 5.74) is 1.52. The summed E-state index contributed by atoms with van der Waals surface area (Å²) < 4.78 is 26.6. The quantitative estimate of drug-likeness (QED) is 0.253. The number of nitrogens with zero attached hydrogens (tertiary/aromatic N) is 2. The normalized spacial score (nSPS) is 12.1. The molecule has 0 spiro atoms. The molecule has 2 amide bonds. The molecule has 0 aliphatic heterocycles. The third-order valence-corrected chi connectivity index (χ3v) is 8.51. The lowest BCUT2D eigenvalue weighted by Gasteiger charge is -2.33. The van der Waals surface area contributed by atoms with E-state index in [1.54, 1.807) is 18.2 Å². The molecule has 1 N–H and O–H groups in total. The number of hydrogen-bond acceptors (Lipinski definition) is 4. The number of benzene rings is 3. The summed E-state index contributed by atoms with van der Waals surface area (Å²) in [6, 6.07) is 17.4. The van der Waals surface area contributed by atoms with Gasteiger partial charge >= 0.3 is 0 Å². The van der Waals surface area contributed by atoms with E-state index < -0.39 is 28.5 Å². The summed E-state index contributed by atoms with van der Waals surface area (Å²) in [6.07, 6.45) is 1.87. The van der Waals surface area contributed by atoms with E-state index in [1.165, 1.54) is 23.1 Å². The second kappa shape index (κ2) is 14.4. The van der Waals surface area contributed by atoms with Crippen LogP contribution in [0.25, 0.3) is 0 Å². The molecule has 3 aromatic carbocycles. The molecule has 0 radical (unpaired) electrons. The predicted molar refractivity (Wildman–Crippen MR) is 163 cm³/mol.